The summed E-state index contributed by atoms with van der Waals surface area (Å²) in [7, 11) is 0. The lowest BCUT2D eigenvalue weighted by atomic mass is 10.1. The molecular formula is C13H17F3N2O2. The standard InChI is InChI=1S/C13H17F3N2O2/c14-13(15,16)8-20-7-6-11-17-10-5-3-1-2-4-9(10)12(19)18-11/h1-8H2,(H,17,18,19). The highest BCUT2D eigenvalue weighted by Gasteiger charge is 2.27. The summed E-state index contributed by atoms with van der Waals surface area (Å²) >= 11 is 0. The first-order valence-corrected chi connectivity index (χ1v) is 6.71. The van der Waals surface area contributed by atoms with Crippen molar-refractivity contribution in [3.8, 4) is 0 Å². The van der Waals surface area contributed by atoms with Gasteiger partial charge in [-0.1, -0.05) is 6.42 Å². The number of halogens is 3. The van der Waals surface area contributed by atoms with Gasteiger partial charge in [-0.25, -0.2) is 4.98 Å². The molecule has 0 aliphatic heterocycles. The van der Waals surface area contributed by atoms with E-state index in [4.69, 9.17) is 0 Å². The zero-order chi connectivity index (χ0) is 14.6. The third-order valence-corrected chi connectivity index (χ3v) is 3.24. The Hall–Kier alpha value is -1.37. The highest BCUT2D eigenvalue weighted by Crippen LogP contribution is 2.16. The third-order valence-electron chi connectivity index (χ3n) is 3.24. The average Bonchev–Trinajstić information content (AvgIpc) is 2.59. The van der Waals surface area contributed by atoms with Gasteiger partial charge in [0, 0.05) is 12.0 Å². The Morgan fingerprint density at radius 2 is 1.95 bits per heavy atom. The molecule has 1 aliphatic carbocycles. The summed E-state index contributed by atoms with van der Waals surface area (Å²) in [5.41, 5.74) is 1.35. The molecule has 2 rings (SSSR count). The number of hydrogen-bond acceptors (Lipinski definition) is 3. The minimum atomic E-state index is -4.32. The zero-order valence-corrected chi connectivity index (χ0v) is 11.1. The van der Waals surface area contributed by atoms with Gasteiger partial charge in [0.25, 0.3) is 5.56 Å². The van der Waals surface area contributed by atoms with Crippen LogP contribution >= 0.6 is 0 Å². The number of nitrogens with one attached hydrogen (secondary N) is 1. The summed E-state index contributed by atoms with van der Waals surface area (Å²) in [4.78, 5) is 18.9. The molecule has 0 spiro atoms. The Morgan fingerprint density at radius 1 is 1.20 bits per heavy atom. The minimum Gasteiger partial charge on any atom is -0.372 e. The van der Waals surface area contributed by atoms with Crippen LogP contribution < -0.4 is 5.56 Å². The molecule has 0 amide bonds. The van der Waals surface area contributed by atoms with Crippen LogP contribution in [0.5, 0.6) is 0 Å². The van der Waals surface area contributed by atoms with Crippen molar-refractivity contribution in [2.45, 2.75) is 44.7 Å². The summed E-state index contributed by atoms with van der Waals surface area (Å²) in [6, 6.07) is 0. The van der Waals surface area contributed by atoms with Crippen molar-refractivity contribution >= 4 is 0 Å². The number of aryl methyl sites for hydroxylation is 1. The fraction of sp³-hybridized carbons (Fsp3) is 0.692. The van der Waals surface area contributed by atoms with Gasteiger partial charge in [-0.15, -0.1) is 0 Å². The van der Waals surface area contributed by atoms with Gasteiger partial charge in [-0.3, -0.25) is 4.79 Å². The van der Waals surface area contributed by atoms with E-state index in [0.717, 1.165) is 43.4 Å². The van der Waals surface area contributed by atoms with Gasteiger partial charge in [0.15, 0.2) is 0 Å². The van der Waals surface area contributed by atoms with E-state index in [1.807, 2.05) is 0 Å². The molecule has 7 heteroatoms. The molecule has 0 saturated heterocycles. The number of alkyl halides is 3. The summed E-state index contributed by atoms with van der Waals surface area (Å²) in [6.45, 7) is -1.39. The van der Waals surface area contributed by atoms with Crippen LogP contribution in [0.15, 0.2) is 4.79 Å². The van der Waals surface area contributed by atoms with Gasteiger partial charge in [0.2, 0.25) is 0 Å². The van der Waals surface area contributed by atoms with Crippen LogP contribution in [-0.4, -0.2) is 29.4 Å². The average molecular weight is 290 g/mol. The molecule has 1 aromatic rings. The molecule has 1 aliphatic rings. The van der Waals surface area contributed by atoms with Crippen LogP contribution in [0.4, 0.5) is 13.2 Å². The second kappa shape index (κ2) is 6.39. The Kier molecular flexibility index (Phi) is 4.80. The molecule has 1 N–H and O–H groups in total. The first-order chi connectivity index (χ1) is 9.46. The minimum absolute atomic E-state index is 0.110. The molecule has 1 heterocycles. The number of aromatic nitrogens is 2. The number of hydrogen-bond donors (Lipinski definition) is 1. The monoisotopic (exact) mass is 290 g/mol. The molecule has 112 valence electrons. The van der Waals surface area contributed by atoms with Crippen LogP contribution in [0, 0.1) is 0 Å². The Morgan fingerprint density at radius 3 is 2.70 bits per heavy atom. The predicted octanol–water partition coefficient (Wildman–Crippen LogP) is 2.16. The van der Waals surface area contributed by atoms with E-state index in [0.29, 0.717) is 5.82 Å². The molecular weight excluding hydrogens is 273 g/mol. The Balaban J connectivity index is 1.98. The highest BCUT2D eigenvalue weighted by molar-refractivity contribution is 5.19. The van der Waals surface area contributed by atoms with E-state index in [2.05, 4.69) is 14.7 Å². The molecule has 0 atom stereocenters. The lowest BCUT2D eigenvalue weighted by Gasteiger charge is -2.09. The molecule has 0 unspecified atom stereocenters. The van der Waals surface area contributed by atoms with E-state index < -0.39 is 12.8 Å². The maximum absolute atomic E-state index is 11.9. The first-order valence-electron chi connectivity index (χ1n) is 6.71. The van der Waals surface area contributed by atoms with Crippen LogP contribution in [0.2, 0.25) is 0 Å². The van der Waals surface area contributed by atoms with Crippen molar-refractivity contribution in [3.05, 3.63) is 27.4 Å². The Bertz CT molecular complexity index is 511. The molecule has 0 radical (unpaired) electrons. The van der Waals surface area contributed by atoms with Crippen LogP contribution in [0.25, 0.3) is 0 Å². The summed E-state index contributed by atoms with van der Waals surface area (Å²) < 4.78 is 40.3. The van der Waals surface area contributed by atoms with E-state index in [1.54, 1.807) is 0 Å². The molecule has 0 saturated carbocycles. The lowest BCUT2D eigenvalue weighted by Crippen LogP contribution is -2.22. The van der Waals surface area contributed by atoms with Crippen molar-refractivity contribution in [3.63, 3.8) is 0 Å². The number of ether oxygens (including phenoxy) is 1. The van der Waals surface area contributed by atoms with E-state index in [1.165, 1.54) is 0 Å². The summed E-state index contributed by atoms with van der Waals surface area (Å²) in [5, 5.41) is 0. The number of nitrogens with zero attached hydrogens (tertiary/aromatic N) is 1. The van der Waals surface area contributed by atoms with Crippen LogP contribution in [0.1, 0.15) is 36.3 Å². The number of rotatable bonds is 4. The maximum Gasteiger partial charge on any atom is 0.411 e. The molecule has 4 nitrogen and oxygen atoms in total. The summed E-state index contributed by atoms with van der Waals surface area (Å²) in [5.74, 6) is 0.401. The molecule has 20 heavy (non-hydrogen) atoms. The fourth-order valence-corrected chi connectivity index (χ4v) is 2.31. The molecule has 0 aromatic carbocycles. The fourth-order valence-electron chi connectivity index (χ4n) is 2.31. The quantitative estimate of drug-likeness (QED) is 0.683. The molecule has 0 fully saturated rings. The van der Waals surface area contributed by atoms with Gasteiger partial charge < -0.3 is 9.72 Å². The van der Waals surface area contributed by atoms with Crippen molar-refractivity contribution in [1.82, 2.24) is 9.97 Å². The zero-order valence-electron chi connectivity index (χ0n) is 11.1. The maximum atomic E-state index is 11.9. The predicted molar refractivity (Wildman–Crippen MR) is 66.7 cm³/mol. The van der Waals surface area contributed by atoms with E-state index in [-0.39, 0.29) is 18.6 Å². The smallest absolute Gasteiger partial charge is 0.372 e. The first kappa shape index (κ1) is 15.0. The van der Waals surface area contributed by atoms with Gasteiger partial charge in [0.05, 0.1) is 12.3 Å². The number of aromatic amines is 1. The summed E-state index contributed by atoms with van der Waals surface area (Å²) in [6.07, 6.45) is 0.379. The lowest BCUT2D eigenvalue weighted by molar-refractivity contribution is -0.173. The van der Waals surface area contributed by atoms with Crippen molar-refractivity contribution in [2.75, 3.05) is 13.2 Å². The number of H-pyrrole nitrogens is 1. The van der Waals surface area contributed by atoms with Gasteiger partial charge >= 0.3 is 6.18 Å². The van der Waals surface area contributed by atoms with E-state index >= 15 is 0 Å². The van der Waals surface area contributed by atoms with Crippen LogP contribution in [0.3, 0.4) is 0 Å². The molecule has 0 bridgehead atoms. The van der Waals surface area contributed by atoms with Crippen LogP contribution in [-0.2, 0) is 24.0 Å². The SMILES string of the molecule is O=c1[nH]c(CCOCC(F)(F)F)nc2c1CCCCC2. The van der Waals surface area contributed by atoms with E-state index in [9.17, 15) is 18.0 Å². The largest absolute Gasteiger partial charge is 0.411 e. The van der Waals surface area contributed by atoms with Gasteiger partial charge in [0.1, 0.15) is 12.4 Å². The second-order valence-electron chi connectivity index (χ2n) is 4.92. The van der Waals surface area contributed by atoms with Crippen molar-refractivity contribution in [1.29, 1.82) is 0 Å². The highest BCUT2D eigenvalue weighted by atomic mass is 19.4. The Labute approximate surface area is 114 Å². The van der Waals surface area contributed by atoms with Crippen molar-refractivity contribution < 1.29 is 17.9 Å². The van der Waals surface area contributed by atoms with Gasteiger partial charge in [-0.2, -0.15) is 13.2 Å². The third kappa shape index (κ3) is 4.33. The van der Waals surface area contributed by atoms with Gasteiger partial charge in [-0.05, 0) is 25.7 Å². The number of fused-ring (bicyclic) bond motifs is 1. The van der Waals surface area contributed by atoms with Crippen molar-refractivity contribution in [2.24, 2.45) is 0 Å². The second-order valence-corrected chi connectivity index (χ2v) is 4.92. The topological polar surface area (TPSA) is 55.0 Å². The normalized spacial score (nSPS) is 15.8. The molecule has 1 aromatic heterocycles.